The Morgan fingerprint density at radius 2 is 1.67 bits per heavy atom. The fraction of sp³-hybridized carbons (Fsp3) is 0.312. The van der Waals surface area contributed by atoms with Crippen molar-refractivity contribution in [1.29, 1.82) is 0 Å². The van der Waals surface area contributed by atoms with E-state index in [1.807, 2.05) is 42.5 Å². The van der Waals surface area contributed by atoms with Crippen molar-refractivity contribution in [1.82, 2.24) is 4.98 Å². The van der Waals surface area contributed by atoms with Gasteiger partial charge in [-0.05, 0) is 30.3 Å². The van der Waals surface area contributed by atoms with Crippen LogP contribution in [0.3, 0.4) is 0 Å². The van der Waals surface area contributed by atoms with Crippen LogP contribution in [0.2, 0.25) is 0 Å². The third kappa shape index (κ3) is 4.65. The van der Waals surface area contributed by atoms with Crippen LogP contribution in [0.1, 0.15) is 0 Å². The van der Waals surface area contributed by atoms with Crippen LogP contribution in [-0.4, -0.2) is 37.5 Å². The Balaban J connectivity index is 1.36. The minimum atomic E-state index is 0.268. The molecular formula is C16H17NO4. The Labute approximate surface area is 123 Å². The van der Waals surface area contributed by atoms with E-state index in [1.54, 1.807) is 6.20 Å². The van der Waals surface area contributed by atoms with E-state index < -0.39 is 0 Å². The van der Waals surface area contributed by atoms with Crippen molar-refractivity contribution in [2.75, 3.05) is 26.4 Å². The second-order valence-corrected chi connectivity index (χ2v) is 4.60. The van der Waals surface area contributed by atoms with Gasteiger partial charge >= 0.3 is 0 Å². The molecular weight excluding hydrogens is 270 g/mol. The van der Waals surface area contributed by atoms with Gasteiger partial charge in [-0.15, -0.1) is 0 Å². The molecule has 0 bridgehead atoms. The lowest BCUT2D eigenvalue weighted by molar-refractivity contribution is 0.211. The summed E-state index contributed by atoms with van der Waals surface area (Å²) in [5.74, 6) is 2.21. The zero-order chi connectivity index (χ0) is 14.3. The molecule has 1 atom stereocenters. The van der Waals surface area contributed by atoms with Gasteiger partial charge in [-0.1, -0.05) is 6.07 Å². The summed E-state index contributed by atoms with van der Waals surface area (Å²) < 4.78 is 21.7. The van der Waals surface area contributed by atoms with E-state index in [0.29, 0.717) is 25.7 Å². The van der Waals surface area contributed by atoms with Crippen molar-refractivity contribution in [2.45, 2.75) is 6.10 Å². The van der Waals surface area contributed by atoms with Crippen LogP contribution in [0.15, 0.2) is 48.7 Å². The van der Waals surface area contributed by atoms with Gasteiger partial charge < -0.3 is 18.9 Å². The van der Waals surface area contributed by atoms with Crippen molar-refractivity contribution in [3.8, 4) is 17.4 Å². The number of nitrogens with zero attached hydrogens (tertiary/aromatic N) is 1. The molecule has 21 heavy (non-hydrogen) atoms. The van der Waals surface area contributed by atoms with Gasteiger partial charge in [-0.2, -0.15) is 0 Å². The second-order valence-electron chi connectivity index (χ2n) is 4.60. The average Bonchev–Trinajstić information content (AvgIpc) is 3.36. The molecule has 1 aliphatic rings. The Morgan fingerprint density at radius 3 is 2.33 bits per heavy atom. The lowest BCUT2D eigenvalue weighted by atomic mass is 10.3. The van der Waals surface area contributed by atoms with Gasteiger partial charge in [0.25, 0.3) is 0 Å². The van der Waals surface area contributed by atoms with Gasteiger partial charge in [-0.25, -0.2) is 4.98 Å². The number of hydrogen-bond donors (Lipinski definition) is 0. The molecule has 0 aliphatic carbocycles. The molecule has 1 aromatic heterocycles. The fourth-order valence-corrected chi connectivity index (χ4v) is 1.72. The average molecular weight is 287 g/mol. The Hall–Kier alpha value is -2.27. The molecule has 2 heterocycles. The van der Waals surface area contributed by atoms with Gasteiger partial charge in [0.2, 0.25) is 5.88 Å². The predicted octanol–water partition coefficient (Wildman–Crippen LogP) is 2.32. The summed E-state index contributed by atoms with van der Waals surface area (Å²) in [7, 11) is 0. The molecule has 1 aliphatic heterocycles. The van der Waals surface area contributed by atoms with Gasteiger partial charge in [0.05, 0.1) is 6.61 Å². The van der Waals surface area contributed by atoms with E-state index in [-0.39, 0.29) is 6.10 Å². The number of aromatic nitrogens is 1. The van der Waals surface area contributed by atoms with Crippen molar-refractivity contribution < 1.29 is 18.9 Å². The summed E-state index contributed by atoms with van der Waals surface area (Å²) in [6.45, 7) is 2.33. The van der Waals surface area contributed by atoms with Crippen molar-refractivity contribution in [3.05, 3.63) is 48.7 Å². The van der Waals surface area contributed by atoms with Crippen LogP contribution in [0.5, 0.6) is 17.4 Å². The SMILES string of the molecule is c1ccc(OCCOc2ccc(OCC3CO3)cc2)nc1. The maximum Gasteiger partial charge on any atom is 0.213 e. The van der Waals surface area contributed by atoms with E-state index in [2.05, 4.69) is 4.98 Å². The summed E-state index contributed by atoms with van der Waals surface area (Å²) >= 11 is 0. The monoisotopic (exact) mass is 287 g/mol. The third-order valence-corrected chi connectivity index (χ3v) is 2.90. The van der Waals surface area contributed by atoms with E-state index in [0.717, 1.165) is 18.1 Å². The molecule has 0 spiro atoms. The molecule has 0 radical (unpaired) electrons. The zero-order valence-corrected chi connectivity index (χ0v) is 11.6. The summed E-state index contributed by atoms with van der Waals surface area (Å²) in [6, 6.07) is 13.1. The smallest absolute Gasteiger partial charge is 0.213 e. The molecule has 0 amide bonds. The van der Waals surface area contributed by atoms with Crippen LogP contribution in [0.4, 0.5) is 0 Å². The van der Waals surface area contributed by atoms with Crippen molar-refractivity contribution in [2.24, 2.45) is 0 Å². The standard InChI is InChI=1S/C16H17NO4/c1-2-8-17-16(3-1)19-10-9-18-13-4-6-14(7-5-13)20-11-15-12-21-15/h1-8,15H,9-12H2. The first-order chi connectivity index (χ1) is 10.4. The molecule has 1 saturated heterocycles. The Bertz CT molecular complexity index is 540. The summed E-state index contributed by atoms with van der Waals surface area (Å²) in [5, 5.41) is 0. The first-order valence-electron chi connectivity index (χ1n) is 6.91. The minimum Gasteiger partial charge on any atom is -0.491 e. The highest BCUT2D eigenvalue weighted by molar-refractivity contribution is 5.31. The van der Waals surface area contributed by atoms with Gasteiger partial charge in [0, 0.05) is 12.3 Å². The summed E-state index contributed by atoms with van der Waals surface area (Å²) in [6.07, 6.45) is 1.96. The number of rotatable bonds is 8. The molecule has 1 aromatic carbocycles. The van der Waals surface area contributed by atoms with Crippen LogP contribution in [-0.2, 0) is 4.74 Å². The lowest BCUT2D eigenvalue weighted by Crippen LogP contribution is -2.09. The maximum absolute atomic E-state index is 5.59. The number of benzene rings is 1. The number of hydrogen-bond acceptors (Lipinski definition) is 5. The molecule has 5 heteroatoms. The maximum atomic E-state index is 5.59. The zero-order valence-electron chi connectivity index (χ0n) is 11.6. The quantitative estimate of drug-likeness (QED) is 0.551. The Morgan fingerprint density at radius 1 is 0.952 bits per heavy atom. The number of ether oxygens (including phenoxy) is 4. The fourth-order valence-electron chi connectivity index (χ4n) is 1.72. The van der Waals surface area contributed by atoms with E-state index >= 15 is 0 Å². The van der Waals surface area contributed by atoms with Crippen LogP contribution in [0, 0.1) is 0 Å². The van der Waals surface area contributed by atoms with Gasteiger partial charge in [0.15, 0.2) is 0 Å². The van der Waals surface area contributed by atoms with Gasteiger partial charge in [-0.3, -0.25) is 0 Å². The van der Waals surface area contributed by atoms with Crippen molar-refractivity contribution >= 4 is 0 Å². The molecule has 1 unspecified atom stereocenters. The lowest BCUT2D eigenvalue weighted by Gasteiger charge is -2.09. The topological polar surface area (TPSA) is 53.1 Å². The van der Waals surface area contributed by atoms with E-state index in [4.69, 9.17) is 18.9 Å². The Kier molecular flexibility index (Phi) is 4.53. The highest BCUT2D eigenvalue weighted by atomic mass is 16.6. The van der Waals surface area contributed by atoms with Crippen LogP contribution in [0.25, 0.3) is 0 Å². The van der Waals surface area contributed by atoms with Crippen LogP contribution >= 0.6 is 0 Å². The molecule has 5 nitrogen and oxygen atoms in total. The van der Waals surface area contributed by atoms with Gasteiger partial charge in [0.1, 0.15) is 37.4 Å². The van der Waals surface area contributed by atoms with E-state index in [9.17, 15) is 0 Å². The molecule has 2 aromatic rings. The molecule has 0 saturated carbocycles. The highest BCUT2D eigenvalue weighted by Crippen LogP contribution is 2.19. The summed E-state index contributed by atoms with van der Waals surface area (Å²) in [5.41, 5.74) is 0. The normalized spacial score (nSPS) is 16.3. The molecule has 110 valence electrons. The van der Waals surface area contributed by atoms with Crippen molar-refractivity contribution in [3.63, 3.8) is 0 Å². The molecule has 0 N–H and O–H groups in total. The molecule has 1 fully saturated rings. The third-order valence-electron chi connectivity index (χ3n) is 2.90. The largest absolute Gasteiger partial charge is 0.491 e. The summed E-state index contributed by atoms with van der Waals surface area (Å²) in [4.78, 5) is 4.07. The predicted molar refractivity (Wildman–Crippen MR) is 76.9 cm³/mol. The number of epoxide rings is 1. The van der Waals surface area contributed by atoms with E-state index in [1.165, 1.54) is 0 Å². The first-order valence-corrected chi connectivity index (χ1v) is 6.91. The first kappa shape index (κ1) is 13.7. The second kappa shape index (κ2) is 6.95. The molecule has 3 rings (SSSR count). The highest BCUT2D eigenvalue weighted by Gasteiger charge is 2.22. The number of pyridine rings is 1. The van der Waals surface area contributed by atoms with Crippen LogP contribution < -0.4 is 14.2 Å². The minimum absolute atomic E-state index is 0.268.